The fourth-order valence-corrected chi connectivity index (χ4v) is 1.31. The molecule has 1 atom stereocenters. The van der Waals surface area contributed by atoms with Crippen LogP contribution in [-0.2, 0) is 0 Å². The summed E-state index contributed by atoms with van der Waals surface area (Å²) in [4.78, 5) is 0. The van der Waals surface area contributed by atoms with E-state index in [0.717, 1.165) is 5.56 Å². The lowest BCUT2D eigenvalue weighted by Gasteiger charge is -2.12. The zero-order valence-corrected chi connectivity index (χ0v) is 8.51. The van der Waals surface area contributed by atoms with Gasteiger partial charge in [0.1, 0.15) is 5.75 Å². The van der Waals surface area contributed by atoms with Crippen LogP contribution in [0.15, 0.2) is 18.2 Å². The summed E-state index contributed by atoms with van der Waals surface area (Å²) in [7, 11) is 0. The summed E-state index contributed by atoms with van der Waals surface area (Å²) in [6, 6.07) is 5.24. The van der Waals surface area contributed by atoms with Crippen molar-refractivity contribution in [1.29, 1.82) is 0 Å². The van der Waals surface area contributed by atoms with Gasteiger partial charge in [-0.25, -0.2) is 0 Å². The summed E-state index contributed by atoms with van der Waals surface area (Å²) in [6.45, 7) is 4.18. The number of hydrogen-bond donors (Lipinski definition) is 1. The zero-order valence-electron chi connectivity index (χ0n) is 7.75. The second kappa shape index (κ2) is 4.49. The Labute approximate surface area is 83.1 Å². The molecule has 0 amide bonds. The van der Waals surface area contributed by atoms with E-state index in [2.05, 4.69) is 0 Å². The summed E-state index contributed by atoms with van der Waals surface area (Å²) in [6.07, 6.45) is -0.555. The lowest BCUT2D eigenvalue weighted by Crippen LogP contribution is -1.99. The van der Waals surface area contributed by atoms with Crippen LogP contribution >= 0.6 is 11.6 Å². The normalized spacial score (nSPS) is 12.6. The molecule has 0 bridgehead atoms. The first-order valence-electron chi connectivity index (χ1n) is 4.25. The highest BCUT2D eigenvalue weighted by molar-refractivity contribution is 6.30. The van der Waals surface area contributed by atoms with Gasteiger partial charge in [0.05, 0.1) is 12.7 Å². The molecule has 1 aromatic carbocycles. The predicted octanol–water partition coefficient (Wildman–Crippen LogP) is 2.79. The monoisotopic (exact) mass is 200 g/mol. The minimum absolute atomic E-state index is 0.555. The van der Waals surface area contributed by atoms with Crippen molar-refractivity contribution < 1.29 is 9.84 Å². The number of aliphatic hydroxyl groups excluding tert-OH is 1. The smallest absolute Gasteiger partial charge is 0.125 e. The van der Waals surface area contributed by atoms with Crippen LogP contribution in [0, 0.1) is 0 Å². The van der Waals surface area contributed by atoms with Gasteiger partial charge in [-0.05, 0) is 32.0 Å². The standard InChI is InChI=1S/C10H13ClO2/c1-3-13-10-5-4-8(11)6-9(10)7(2)12/h4-7,12H,3H2,1-2H3. The van der Waals surface area contributed by atoms with E-state index in [1.165, 1.54) is 0 Å². The Kier molecular flexibility index (Phi) is 3.58. The number of halogens is 1. The Balaban J connectivity index is 3.03. The van der Waals surface area contributed by atoms with Gasteiger partial charge in [0, 0.05) is 10.6 Å². The summed E-state index contributed by atoms with van der Waals surface area (Å²) in [5.74, 6) is 0.696. The van der Waals surface area contributed by atoms with Gasteiger partial charge in [-0.1, -0.05) is 11.6 Å². The van der Waals surface area contributed by atoms with Gasteiger partial charge in [-0.2, -0.15) is 0 Å². The van der Waals surface area contributed by atoms with Crippen LogP contribution < -0.4 is 4.74 Å². The molecule has 0 heterocycles. The molecule has 1 rings (SSSR count). The summed E-state index contributed by atoms with van der Waals surface area (Å²) >= 11 is 5.79. The highest BCUT2D eigenvalue weighted by atomic mass is 35.5. The van der Waals surface area contributed by atoms with Crippen molar-refractivity contribution in [1.82, 2.24) is 0 Å². The van der Waals surface area contributed by atoms with Crippen LogP contribution in [0.25, 0.3) is 0 Å². The van der Waals surface area contributed by atoms with Gasteiger partial charge in [0.15, 0.2) is 0 Å². The Morgan fingerprint density at radius 1 is 1.54 bits per heavy atom. The lowest BCUT2D eigenvalue weighted by molar-refractivity contribution is 0.192. The Morgan fingerprint density at radius 2 is 2.23 bits per heavy atom. The van der Waals surface area contributed by atoms with Crippen molar-refractivity contribution in [3.05, 3.63) is 28.8 Å². The largest absolute Gasteiger partial charge is 0.493 e. The molecule has 0 saturated heterocycles. The molecule has 0 aliphatic carbocycles. The average molecular weight is 201 g/mol. The van der Waals surface area contributed by atoms with Gasteiger partial charge in [0.25, 0.3) is 0 Å². The maximum absolute atomic E-state index is 9.42. The number of ether oxygens (including phenoxy) is 1. The van der Waals surface area contributed by atoms with E-state index in [9.17, 15) is 5.11 Å². The third-order valence-corrected chi connectivity index (χ3v) is 1.96. The van der Waals surface area contributed by atoms with Gasteiger partial charge < -0.3 is 9.84 Å². The van der Waals surface area contributed by atoms with Gasteiger partial charge in [0.2, 0.25) is 0 Å². The third-order valence-electron chi connectivity index (χ3n) is 1.72. The molecule has 13 heavy (non-hydrogen) atoms. The molecule has 2 nitrogen and oxygen atoms in total. The number of hydrogen-bond acceptors (Lipinski definition) is 2. The van der Waals surface area contributed by atoms with E-state index < -0.39 is 6.10 Å². The Bertz CT molecular complexity index is 284. The second-order valence-corrected chi connectivity index (χ2v) is 3.23. The second-order valence-electron chi connectivity index (χ2n) is 2.79. The molecule has 0 aliphatic heterocycles. The van der Waals surface area contributed by atoms with Crippen LogP contribution in [0.3, 0.4) is 0 Å². The Hall–Kier alpha value is -0.730. The number of benzene rings is 1. The first-order chi connectivity index (χ1) is 6.15. The fourth-order valence-electron chi connectivity index (χ4n) is 1.13. The van der Waals surface area contributed by atoms with Crippen LogP contribution in [0.2, 0.25) is 5.02 Å². The maximum atomic E-state index is 9.42. The van der Waals surface area contributed by atoms with Crippen molar-refractivity contribution in [3.63, 3.8) is 0 Å². The van der Waals surface area contributed by atoms with Crippen LogP contribution in [0.5, 0.6) is 5.75 Å². The van der Waals surface area contributed by atoms with Crippen molar-refractivity contribution in [2.75, 3.05) is 6.61 Å². The molecule has 0 spiro atoms. The molecule has 0 aliphatic rings. The van der Waals surface area contributed by atoms with Crippen molar-refractivity contribution >= 4 is 11.6 Å². The highest BCUT2D eigenvalue weighted by Crippen LogP contribution is 2.28. The topological polar surface area (TPSA) is 29.5 Å². The van der Waals surface area contributed by atoms with Crippen LogP contribution in [0.1, 0.15) is 25.5 Å². The maximum Gasteiger partial charge on any atom is 0.125 e. The molecule has 0 radical (unpaired) electrons. The third kappa shape index (κ3) is 2.61. The van der Waals surface area contributed by atoms with Crippen LogP contribution in [-0.4, -0.2) is 11.7 Å². The summed E-state index contributed by atoms with van der Waals surface area (Å²) in [5.41, 5.74) is 0.731. The van der Waals surface area contributed by atoms with Crippen molar-refractivity contribution in [2.24, 2.45) is 0 Å². The minimum Gasteiger partial charge on any atom is -0.493 e. The first kappa shape index (κ1) is 10.4. The molecule has 3 heteroatoms. The number of aliphatic hydroxyl groups is 1. The van der Waals surface area contributed by atoms with Crippen molar-refractivity contribution in [2.45, 2.75) is 20.0 Å². The summed E-state index contributed by atoms with van der Waals surface area (Å²) < 4.78 is 5.33. The van der Waals surface area contributed by atoms with Crippen molar-refractivity contribution in [3.8, 4) is 5.75 Å². The molecule has 72 valence electrons. The molecular weight excluding hydrogens is 188 g/mol. The van der Waals surface area contributed by atoms with E-state index >= 15 is 0 Å². The van der Waals surface area contributed by atoms with Gasteiger partial charge in [-0.3, -0.25) is 0 Å². The SMILES string of the molecule is CCOc1ccc(Cl)cc1C(C)O. The fraction of sp³-hybridized carbons (Fsp3) is 0.400. The van der Waals surface area contributed by atoms with E-state index in [4.69, 9.17) is 16.3 Å². The summed E-state index contributed by atoms with van der Waals surface area (Å²) in [5, 5.41) is 10.0. The Morgan fingerprint density at radius 3 is 2.77 bits per heavy atom. The van der Waals surface area contributed by atoms with E-state index in [1.54, 1.807) is 25.1 Å². The van der Waals surface area contributed by atoms with E-state index in [1.807, 2.05) is 6.92 Å². The first-order valence-corrected chi connectivity index (χ1v) is 4.63. The van der Waals surface area contributed by atoms with Gasteiger partial charge in [-0.15, -0.1) is 0 Å². The molecule has 0 saturated carbocycles. The zero-order chi connectivity index (χ0) is 9.84. The molecule has 1 unspecified atom stereocenters. The molecular formula is C10H13ClO2. The predicted molar refractivity (Wildman–Crippen MR) is 53.3 cm³/mol. The number of rotatable bonds is 3. The van der Waals surface area contributed by atoms with E-state index in [-0.39, 0.29) is 0 Å². The molecule has 0 fully saturated rings. The average Bonchev–Trinajstić information content (AvgIpc) is 2.08. The molecule has 1 aromatic rings. The molecule has 0 aromatic heterocycles. The lowest BCUT2D eigenvalue weighted by atomic mass is 10.1. The van der Waals surface area contributed by atoms with Gasteiger partial charge >= 0.3 is 0 Å². The molecule has 1 N–H and O–H groups in total. The van der Waals surface area contributed by atoms with E-state index in [0.29, 0.717) is 17.4 Å². The highest BCUT2D eigenvalue weighted by Gasteiger charge is 2.08. The minimum atomic E-state index is -0.555. The quantitative estimate of drug-likeness (QED) is 0.813. The van der Waals surface area contributed by atoms with Crippen LogP contribution in [0.4, 0.5) is 0 Å².